The smallest absolute Gasteiger partial charge is 0.875 e. The summed E-state index contributed by atoms with van der Waals surface area (Å²) in [6.45, 7) is 21.7. The maximum atomic E-state index is 11.4. The van der Waals surface area contributed by atoms with Crippen molar-refractivity contribution in [3.05, 3.63) is 194 Å². The van der Waals surface area contributed by atoms with E-state index in [4.69, 9.17) is 0 Å². The van der Waals surface area contributed by atoms with Gasteiger partial charge in [-0.15, -0.1) is 11.5 Å². The van der Waals surface area contributed by atoms with Crippen molar-refractivity contribution in [2.75, 3.05) is 0 Å². The van der Waals surface area contributed by atoms with E-state index in [1.165, 1.54) is 34.0 Å². The number of hydrogen-bond donors (Lipinski definition) is 0. The predicted octanol–water partition coefficient (Wildman–Crippen LogP) is 8.99. The van der Waals surface area contributed by atoms with Gasteiger partial charge < -0.3 is 10.2 Å². The molecule has 0 atom stereocenters. The molecule has 2 aromatic heterocycles. The zero-order chi connectivity index (χ0) is 46.9. The second-order valence-electron chi connectivity index (χ2n) is 19.7. The first-order chi connectivity index (χ1) is 29.5. The van der Waals surface area contributed by atoms with Gasteiger partial charge in [-0.1, -0.05) is 217 Å². The largest absolute Gasteiger partial charge is 3.00 e. The Kier molecular flexibility index (Phi) is 20.6. The zero-order valence-corrected chi connectivity index (χ0v) is 41.1. The van der Waals surface area contributed by atoms with E-state index in [0.717, 1.165) is 11.4 Å². The first-order valence-electron chi connectivity index (χ1n) is 21.6. The molecule has 0 unspecified atom stereocenters. The van der Waals surface area contributed by atoms with Crippen LogP contribution in [0.25, 0.3) is 11.4 Å². The third-order valence-electron chi connectivity index (χ3n) is 10.3. The van der Waals surface area contributed by atoms with Gasteiger partial charge in [0.1, 0.15) is 6.15 Å². The molecule has 6 rings (SSSR count). The van der Waals surface area contributed by atoms with E-state index < -0.39 is 27.8 Å². The third kappa shape index (κ3) is 16.4. The van der Waals surface area contributed by atoms with Gasteiger partial charge in [0.25, 0.3) is 0 Å². The fourth-order valence-corrected chi connectivity index (χ4v) is 6.25. The molecule has 1 radical (unpaired) electrons. The van der Waals surface area contributed by atoms with Crippen LogP contribution in [0.15, 0.2) is 194 Å². The summed E-state index contributed by atoms with van der Waals surface area (Å²) >= 11 is 0. The topological polar surface area (TPSA) is 106 Å². The first-order valence-corrected chi connectivity index (χ1v) is 21.6. The van der Waals surface area contributed by atoms with Crippen molar-refractivity contribution in [2.45, 2.75) is 83.1 Å². The minimum absolute atomic E-state index is 0. The normalized spacial score (nSPS) is 12.1. The van der Waals surface area contributed by atoms with E-state index in [0.29, 0.717) is 0 Å². The summed E-state index contributed by atoms with van der Waals surface area (Å²) in [5, 5.41) is 22.9. The SMILES string of the molecule is CC(C)(C)C(=O)/C=C(\[O-])C(C)(C)C.CC(C)(C)C(=O)/C=C(\[O-])C(C)(C)C.[Cr+3].c1ccc(-c2ccccn2)nc1.c1ccc([B-](c2ccccc2)(c2ccccc2)c2ccccc2)cc1. The van der Waals surface area contributed by atoms with E-state index in [9.17, 15) is 19.8 Å². The summed E-state index contributed by atoms with van der Waals surface area (Å²) in [6.07, 6.45) is 4.76. The number of carbonyl (C=O) groups is 2. The van der Waals surface area contributed by atoms with Crippen LogP contribution in [0.1, 0.15) is 83.1 Å². The van der Waals surface area contributed by atoms with Crippen LogP contribution in [0.4, 0.5) is 0 Å². The van der Waals surface area contributed by atoms with Crippen LogP contribution in [-0.4, -0.2) is 27.7 Å². The van der Waals surface area contributed by atoms with Gasteiger partial charge in [0.15, 0.2) is 11.6 Å². The van der Waals surface area contributed by atoms with Crippen LogP contribution in [0.2, 0.25) is 0 Å². The quantitative estimate of drug-likeness (QED) is 0.0901. The second kappa shape index (κ2) is 24.3. The molecule has 0 saturated heterocycles. The van der Waals surface area contributed by atoms with Crippen molar-refractivity contribution in [2.24, 2.45) is 21.7 Å². The van der Waals surface area contributed by atoms with Crippen molar-refractivity contribution in [3.63, 3.8) is 0 Å². The standard InChI is InChI=1S/C24H20B.2C11H20O2.C10H8N2.Cr/c1-5-13-21(14-6-1)25(22-15-7-2-8-16-22,23-17-9-3-10-18-23)24-19-11-4-12-20-24;2*1-10(2,3)8(12)7-9(13)11(4,5)6;1-3-7-11-9(5-1)10-6-2-4-8-12-10;/h1-20H;2*7,12H,1-6H3;1-8H;/q-1;;;;+3/p-2/b;2*8-7-;;. The fourth-order valence-electron chi connectivity index (χ4n) is 6.25. The van der Waals surface area contributed by atoms with E-state index in [1.807, 2.05) is 119 Å². The summed E-state index contributed by atoms with van der Waals surface area (Å²) in [6, 6.07) is 55.1. The van der Waals surface area contributed by atoms with Crippen LogP contribution in [-0.2, 0) is 27.0 Å². The Balaban J connectivity index is 0.000000312. The van der Waals surface area contributed by atoms with Gasteiger partial charge in [-0.3, -0.25) is 19.6 Å². The second-order valence-corrected chi connectivity index (χ2v) is 19.7. The molecule has 64 heavy (non-hydrogen) atoms. The van der Waals surface area contributed by atoms with Crippen LogP contribution in [0, 0.1) is 21.7 Å². The Morgan fingerprint density at radius 2 is 0.625 bits per heavy atom. The molecule has 0 aliphatic carbocycles. The van der Waals surface area contributed by atoms with Crippen LogP contribution < -0.4 is 32.1 Å². The summed E-state index contributed by atoms with van der Waals surface area (Å²) < 4.78 is 0. The molecule has 0 N–H and O–H groups in total. The Morgan fingerprint density at radius 3 is 0.812 bits per heavy atom. The molecule has 0 fully saturated rings. The summed E-state index contributed by atoms with van der Waals surface area (Å²) in [5.41, 5.74) is 5.36. The van der Waals surface area contributed by atoms with Crippen LogP contribution in [0.3, 0.4) is 0 Å². The van der Waals surface area contributed by atoms with Gasteiger partial charge in [-0.25, -0.2) is 0 Å². The first kappa shape index (κ1) is 54.3. The van der Waals surface area contributed by atoms with Gasteiger partial charge >= 0.3 is 17.4 Å². The molecule has 2 heterocycles. The Labute approximate surface area is 394 Å². The van der Waals surface area contributed by atoms with Crippen molar-refractivity contribution >= 4 is 39.6 Å². The van der Waals surface area contributed by atoms with Crippen molar-refractivity contribution in [3.8, 4) is 11.4 Å². The van der Waals surface area contributed by atoms with Crippen LogP contribution >= 0.6 is 0 Å². The summed E-state index contributed by atoms with van der Waals surface area (Å²) in [5.74, 6) is -0.417. The molecule has 0 aliphatic heterocycles. The minimum atomic E-state index is -1.22. The van der Waals surface area contributed by atoms with Crippen molar-refractivity contribution < 1.29 is 37.2 Å². The number of pyridine rings is 2. The summed E-state index contributed by atoms with van der Waals surface area (Å²) in [4.78, 5) is 31.3. The summed E-state index contributed by atoms with van der Waals surface area (Å²) in [7, 11) is 0. The average molecular weight is 894 g/mol. The Bertz CT molecular complexity index is 2090. The monoisotopic (exact) mass is 893 g/mol. The third-order valence-corrected chi connectivity index (χ3v) is 10.3. The molecule has 0 amide bonds. The average Bonchev–Trinajstić information content (AvgIpc) is 3.25. The number of allylic oxidation sites excluding steroid dienone is 4. The number of nitrogens with zero attached hydrogens (tertiary/aromatic N) is 2. The molecule has 4 aromatic carbocycles. The minimum Gasteiger partial charge on any atom is -0.875 e. The van der Waals surface area contributed by atoms with E-state index in [-0.39, 0.29) is 40.4 Å². The van der Waals surface area contributed by atoms with Gasteiger partial charge in [0, 0.05) is 23.2 Å². The molecule has 0 saturated carbocycles. The van der Waals surface area contributed by atoms with E-state index in [2.05, 4.69) is 131 Å². The number of rotatable bonds is 7. The molecule has 6 nitrogen and oxygen atoms in total. The zero-order valence-electron chi connectivity index (χ0n) is 39.8. The van der Waals surface area contributed by atoms with E-state index >= 15 is 0 Å². The molecule has 0 spiro atoms. The van der Waals surface area contributed by atoms with Gasteiger partial charge in [0.2, 0.25) is 0 Å². The van der Waals surface area contributed by atoms with Crippen LogP contribution in [0.5, 0.6) is 0 Å². The maximum absolute atomic E-state index is 11.4. The fraction of sp³-hybridized carbons (Fsp3) is 0.286. The van der Waals surface area contributed by atoms with Gasteiger partial charge in [0.05, 0.1) is 11.4 Å². The number of hydrogen-bond acceptors (Lipinski definition) is 6. The Morgan fingerprint density at radius 1 is 0.391 bits per heavy atom. The Hall–Kier alpha value is -5.80. The number of ketones is 2. The van der Waals surface area contributed by atoms with Crippen molar-refractivity contribution in [1.29, 1.82) is 0 Å². The predicted molar refractivity (Wildman–Crippen MR) is 262 cm³/mol. The van der Waals surface area contributed by atoms with Crippen molar-refractivity contribution in [1.82, 2.24) is 9.97 Å². The number of carbonyl (C=O) groups excluding carboxylic acids is 2. The number of benzene rings is 4. The van der Waals surface area contributed by atoms with E-state index in [1.54, 1.807) is 12.4 Å². The molecule has 333 valence electrons. The maximum Gasteiger partial charge on any atom is 3.00 e. The van der Waals surface area contributed by atoms with Gasteiger partial charge in [-0.2, -0.15) is 21.9 Å². The molecule has 0 bridgehead atoms. The number of aromatic nitrogens is 2. The molecule has 6 aromatic rings. The molecule has 0 aliphatic rings. The van der Waals surface area contributed by atoms with Gasteiger partial charge in [-0.05, 0) is 47.2 Å². The molecule has 8 heteroatoms. The molecular weight excluding hydrogens is 827 g/mol. The molecular formula is C56H66BCrN2O4.